The molecule has 0 N–H and O–H groups in total. The van der Waals surface area contributed by atoms with Gasteiger partial charge in [-0.15, -0.1) is 0 Å². The van der Waals surface area contributed by atoms with E-state index in [1.165, 1.54) is 95.6 Å². The van der Waals surface area contributed by atoms with Crippen LogP contribution in [0.15, 0.2) is 24.5 Å². The Morgan fingerprint density at radius 3 is 1.48 bits per heavy atom. The molecule has 0 saturated carbocycles. The molecule has 0 aliphatic heterocycles. The van der Waals surface area contributed by atoms with Crippen LogP contribution in [0.3, 0.4) is 0 Å². The first-order valence-corrected chi connectivity index (χ1v) is 9.78. The van der Waals surface area contributed by atoms with Gasteiger partial charge in [0.25, 0.3) is 0 Å². The molecule has 0 spiro atoms. The molecule has 2 heteroatoms. The van der Waals surface area contributed by atoms with E-state index in [0.717, 1.165) is 0 Å². The Balaban J connectivity index is 0.00000484. The van der Waals surface area contributed by atoms with Crippen LogP contribution in [-0.4, -0.2) is 0 Å². The number of aryl methyl sites for hydroxylation is 2. The van der Waals surface area contributed by atoms with Crippen molar-refractivity contribution in [3.05, 3.63) is 30.1 Å². The largest absolute Gasteiger partial charge is 1.00 e. The summed E-state index contributed by atoms with van der Waals surface area (Å²) in [6, 6.07) is 4.39. The molecule has 1 nitrogen and oxygen atoms in total. The summed E-state index contributed by atoms with van der Waals surface area (Å²) in [6.07, 6.45) is 23.0. The van der Waals surface area contributed by atoms with E-state index in [4.69, 9.17) is 0 Å². The maximum absolute atomic E-state index is 2.31. The number of nitrogens with zero attached hydrogens (tertiary/aromatic N) is 1. The summed E-state index contributed by atoms with van der Waals surface area (Å²) in [5, 5.41) is 0. The SMILES string of the molecule is CCCCCCCCCCCCCCC[n+]1ccc(C)cc1.[Br-]. The van der Waals surface area contributed by atoms with Gasteiger partial charge >= 0.3 is 0 Å². The van der Waals surface area contributed by atoms with Crippen molar-refractivity contribution in [1.82, 2.24) is 0 Å². The smallest absolute Gasteiger partial charge is 0.169 e. The van der Waals surface area contributed by atoms with Gasteiger partial charge in [-0.25, -0.2) is 4.57 Å². The zero-order valence-corrected chi connectivity index (χ0v) is 17.1. The van der Waals surface area contributed by atoms with Gasteiger partial charge in [0.2, 0.25) is 0 Å². The molecule has 1 heterocycles. The molecule has 1 aromatic rings. The highest BCUT2D eigenvalue weighted by Gasteiger charge is 1.99. The first-order chi connectivity index (χ1) is 10.8. The number of aromatic nitrogens is 1. The van der Waals surface area contributed by atoms with Gasteiger partial charge in [0.05, 0.1) is 0 Å². The molecule has 0 unspecified atom stereocenters. The fraction of sp³-hybridized carbons (Fsp3) is 0.762. The Morgan fingerprint density at radius 1 is 0.652 bits per heavy atom. The Morgan fingerprint density at radius 2 is 1.04 bits per heavy atom. The molecule has 0 bridgehead atoms. The zero-order chi connectivity index (χ0) is 15.9. The normalized spacial score (nSPS) is 10.5. The van der Waals surface area contributed by atoms with Gasteiger partial charge in [0.15, 0.2) is 12.4 Å². The van der Waals surface area contributed by atoms with E-state index in [2.05, 4.69) is 42.9 Å². The minimum atomic E-state index is 0. The van der Waals surface area contributed by atoms with E-state index in [1.54, 1.807) is 0 Å². The predicted octanol–water partition coefficient (Wildman–Crippen LogP) is 3.38. The fourth-order valence-electron chi connectivity index (χ4n) is 2.99. The third kappa shape index (κ3) is 13.7. The minimum absolute atomic E-state index is 0. The van der Waals surface area contributed by atoms with Crippen LogP contribution in [0.4, 0.5) is 0 Å². The van der Waals surface area contributed by atoms with Crippen molar-refractivity contribution in [2.45, 2.75) is 104 Å². The average molecular weight is 384 g/mol. The van der Waals surface area contributed by atoms with Crippen LogP contribution < -0.4 is 21.5 Å². The van der Waals surface area contributed by atoms with Crippen LogP contribution in [0.2, 0.25) is 0 Å². The molecule has 0 aliphatic rings. The first-order valence-electron chi connectivity index (χ1n) is 9.78. The first kappa shape index (κ1) is 22.6. The Kier molecular flexibility index (Phi) is 16.2. The number of pyridine rings is 1. The standard InChI is InChI=1S/C21H38N.BrH/c1-3-4-5-6-7-8-9-10-11-12-13-14-15-18-22-19-16-21(2)17-20-22;/h16-17,19-20H,3-15,18H2,1-2H3;1H/q+1;/p-1. The second-order valence-corrected chi connectivity index (χ2v) is 6.86. The highest BCUT2D eigenvalue weighted by molar-refractivity contribution is 5.03. The van der Waals surface area contributed by atoms with Gasteiger partial charge in [-0.2, -0.15) is 0 Å². The van der Waals surface area contributed by atoms with Crippen molar-refractivity contribution in [2.24, 2.45) is 0 Å². The number of hydrogen-bond acceptors (Lipinski definition) is 0. The highest BCUT2D eigenvalue weighted by atomic mass is 79.9. The highest BCUT2D eigenvalue weighted by Crippen LogP contribution is 2.12. The van der Waals surface area contributed by atoms with E-state index >= 15 is 0 Å². The number of rotatable bonds is 14. The van der Waals surface area contributed by atoms with Crippen LogP contribution in [-0.2, 0) is 6.54 Å². The van der Waals surface area contributed by atoms with Crippen molar-refractivity contribution in [2.75, 3.05) is 0 Å². The number of unbranched alkanes of at least 4 members (excludes halogenated alkanes) is 12. The second-order valence-electron chi connectivity index (χ2n) is 6.86. The molecule has 23 heavy (non-hydrogen) atoms. The van der Waals surface area contributed by atoms with Crippen molar-refractivity contribution in [1.29, 1.82) is 0 Å². The minimum Gasteiger partial charge on any atom is -1.00 e. The van der Waals surface area contributed by atoms with E-state index < -0.39 is 0 Å². The molecule has 0 atom stereocenters. The van der Waals surface area contributed by atoms with Gasteiger partial charge in [-0.05, 0) is 18.9 Å². The second kappa shape index (κ2) is 16.5. The lowest BCUT2D eigenvalue weighted by atomic mass is 10.0. The summed E-state index contributed by atoms with van der Waals surface area (Å²) >= 11 is 0. The van der Waals surface area contributed by atoms with E-state index in [0.29, 0.717) is 0 Å². The van der Waals surface area contributed by atoms with Gasteiger partial charge in [-0.1, -0.05) is 77.6 Å². The number of halogens is 1. The summed E-state index contributed by atoms with van der Waals surface area (Å²) in [4.78, 5) is 0. The van der Waals surface area contributed by atoms with Crippen LogP contribution in [0.5, 0.6) is 0 Å². The maximum atomic E-state index is 2.31. The van der Waals surface area contributed by atoms with Gasteiger partial charge in [0, 0.05) is 18.6 Å². The quantitative estimate of drug-likeness (QED) is 0.342. The van der Waals surface area contributed by atoms with E-state index in [-0.39, 0.29) is 17.0 Å². The van der Waals surface area contributed by atoms with Gasteiger partial charge in [-0.3, -0.25) is 0 Å². The fourth-order valence-corrected chi connectivity index (χ4v) is 2.99. The van der Waals surface area contributed by atoms with Crippen molar-refractivity contribution in [3.63, 3.8) is 0 Å². The summed E-state index contributed by atoms with van der Waals surface area (Å²) < 4.78 is 2.31. The summed E-state index contributed by atoms with van der Waals surface area (Å²) in [7, 11) is 0. The maximum Gasteiger partial charge on any atom is 0.169 e. The van der Waals surface area contributed by atoms with Gasteiger partial charge in [0.1, 0.15) is 6.54 Å². The molecule has 0 radical (unpaired) electrons. The molecular formula is C21H38BrN. The average Bonchev–Trinajstić information content (AvgIpc) is 2.53. The molecule has 0 aromatic carbocycles. The monoisotopic (exact) mass is 383 g/mol. The van der Waals surface area contributed by atoms with Crippen LogP contribution in [0, 0.1) is 6.92 Å². The van der Waals surface area contributed by atoms with Crippen LogP contribution >= 0.6 is 0 Å². The molecular weight excluding hydrogens is 346 g/mol. The van der Waals surface area contributed by atoms with E-state index in [9.17, 15) is 0 Å². The third-order valence-corrected chi connectivity index (χ3v) is 4.58. The Bertz CT molecular complexity index is 347. The molecule has 1 rings (SSSR count). The Hall–Kier alpha value is -0.370. The summed E-state index contributed by atoms with van der Waals surface area (Å²) in [5.74, 6) is 0. The predicted molar refractivity (Wildman–Crippen MR) is 97.1 cm³/mol. The van der Waals surface area contributed by atoms with Crippen LogP contribution in [0.1, 0.15) is 96.0 Å². The van der Waals surface area contributed by atoms with Crippen LogP contribution in [0.25, 0.3) is 0 Å². The van der Waals surface area contributed by atoms with E-state index in [1.807, 2.05) is 0 Å². The molecule has 0 amide bonds. The molecule has 0 saturated heterocycles. The third-order valence-electron chi connectivity index (χ3n) is 4.58. The molecule has 1 aromatic heterocycles. The van der Waals surface area contributed by atoms with Gasteiger partial charge < -0.3 is 17.0 Å². The van der Waals surface area contributed by atoms with Crippen molar-refractivity contribution >= 4 is 0 Å². The topological polar surface area (TPSA) is 3.88 Å². The lowest BCUT2D eigenvalue weighted by molar-refractivity contribution is -0.697. The lowest BCUT2D eigenvalue weighted by Crippen LogP contribution is -3.00. The molecule has 0 fully saturated rings. The Labute approximate surface area is 155 Å². The lowest BCUT2D eigenvalue weighted by Gasteiger charge is -2.02. The summed E-state index contributed by atoms with van der Waals surface area (Å²) in [5.41, 5.74) is 1.35. The molecule has 0 aliphatic carbocycles. The molecule has 134 valence electrons. The number of hydrogen-bond donors (Lipinski definition) is 0. The van der Waals surface area contributed by atoms with Crippen molar-refractivity contribution in [3.8, 4) is 0 Å². The summed E-state index contributed by atoms with van der Waals surface area (Å²) in [6.45, 7) is 5.62. The van der Waals surface area contributed by atoms with Crippen molar-refractivity contribution < 1.29 is 21.5 Å². The zero-order valence-electron chi connectivity index (χ0n) is 15.5.